The van der Waals surface area contributed by atoms with Crippen LogP contribution in [0.15, 0.2) is 0 Å². The molecule has 0 bridgehead atoms. The van der Waals surface area contributed by atoms with Gasteiger partial charge >= 0.3 is 0 Å². The van der Waals surface area contributed by atoms with Crippen LogP contribution in [0, 0.1) is 19.8 Å². The molecule has 1 fully saturated rings. The van der Waals surface area contributed by atoms with E-state index in [9.17, 15) is 5.11 Å². The SMILES string of the molecule is Cc1c(Cl)nnc(NCC2CCCC(O)C2)c1C. The van der Waals surface area contributed by atoms with E-state index in [-0.39, 0.29) is 6.10 Å². The van der Waals surface area contributed by atoms with Gasteiger partial charge in [-0.2, -0.15) is 0 Å². The van der Waals surface area contributed by atoms with E-state index in [0.717, 1.165) is 42.8 Å². The number of nitrogens with zero attached hydrogens (tertiary/aromatic N) is 2. The molecule has 0 amide bonds. The van der Waals surface area contributed by atoms with Crippen molar-refractivity contribution in [1.82, 2.24) is 10.2 Å². The molecular weight excluding hydrogens is 250 g/mol. The van der Waals surface area contributed by atoms with Gasteiger partial charge < -0.3 is 10.4 Å². The van der Waals surface area contributed by atoms with E-state index in [0.29, 0.717) is 11.1 Å². The van der Waals surface area contributed by atoms with Crippen LogP contribution in [0.4, 0.5) is 5.82 Å². The molecule has 2 atom stereocenters. The molecule has 4 nitrogen and oxygen atoms in total. The number of hydrogen-bond acceptors (Lipinski definition) is 4. The number of halogens is 1. The maximum atomic E-state index is 9.64. The van der Waals surface area contributed by atoms with Crippen LogP contribution in [0.1, 0.15) is 36.8 Å². The van der Waals surface area contributed by atoms with Crippen molar-refractivity contribution in [3.05, 3.63) is 16.3 Å². The Balaban J connectivity index is 1.96. The Hall–Kier alpha value is -0.870. The first-order chi connectivity index (χ1) is 8.58. The number of nitrogens with one attached hydrogen (secondary N) is 1. The van der Waals surface area contributed by atoms with E-state index in [2.05, 4.69) is 15.5 Å². The molecular formula is C13H20ClN3O. The van der Waals surface area contributed by atoms with Crippen LogP contribution < -0.4 is 5.32 Å². The molecule has 1 aromatic rings. The zero-order valence-corrected chi connectivity index (χ0v) is 11.7. The fourth-order valence-corrected chi connectivity index (χ4v) is 2.61. The molecule has 100 valence electrons. The van der Waals surface area contributed by atoms with Gasteiger partial charge in [0.25, 0.3) is 0 Å². The Morgan fingerprint density at radius 3 is 2.78 bits per heavy atom. The Morgan fingerprint density at radius 2 is 2.06 bits per heavy atom. The van der Waals surface area contributed by atoms with Crippen molar-refractivity contribution in [2.45, 2.75) is 45.6 Å². The van der Waals surface area contributed by atoms with E-state index in [1.165, 1.54) is 6.42 Å². The number of aliphatic hydroxyl groups excluding tert-OH is 1. The van der Waals surface area contributed by atoms with E-state index < -0.39 is 0 Å². The Kier molecular flexibility index (Phi) is 4.40. The molecule has 0 saturated heterocycles. The highest BCUT2D eigenvalue weighted by molar-refractivity contribution is 6.30. The fourth-order valence-electron chi connectivity index (χ4n) is 2.43. The highest BCUT2D eigenvalue weighted by atomic mass is 35.5. The highest BCUT2D eigenvalue weighted by Crippen LogP contribution is 2.25. The van der Waals surface area contributed by atoms with Crippen LogP contribution in [0.5, 0.6) is 0 Å². The number of rotatable bonds is 3. The van der Waals surface area contributed by atoms with Crippen molar-refractivity contribution in [3.8, 4) is 0 Å². The lowest BCUT2D eigenvalue weighted by atomic mass is 9.87. The lowest BCUT2D eigenvalue weighted by Crippen LogP contribution is -2.25. The van der Waals surface area contributed by atoms with Gasteiger partial charge in [0, 0.05) is 6.54 Å². The second-order valence-electron chi connectivity index (χ2n) is 5.16. The summed E-state index contributed by atoms with van der Waals surface area (Å²) in [5.41, 5.74) is 2.02. The summed E-state index contributed by atoms with van der Waals surface area (Å²) in [6.07, 6.45) is 3.97. The lowest BCUT2D eigenvalue weighted by molar-refractivity contribution is 0.104. The number of anilines is 1. The number of aliphatic hydroxyl groups is 1. The van der Waals surface area contributed by atoms with Crippen molar-refractivity contribution in [3.63, 3.8) is 0 Å². The zero-order valence-electron chi connectivity index (χ0n) is 10.9. The lowest BCUT2D eigenvalue weighted by Gasteiger charge is -2.26. The monoisotopic (exact) mass is 269 g/mol. The molecule has 1 aliphatic carbocycles. The highest BCUT2D eigenvalue weighted by Gasteiger charge is 2.20. The third kappa shape index (κ3) is 3.12. The summed E-state index contributed by atoms with van der Waals surface area (Å²) in [6, 6.07) is 0. The Labute approximate surface area is 113 Å². The van der Waals surface area contributed by atoms with Crippen LogP contribution >= 0.6 is 11.6 Å². The predicted octanol–water partition coefficient (Wildman–Crippen LogP) is 2.71. The van der Waals surface area contributed by atoms with Crippen molar-refractivity contribution in [2.75, 3.05) is 11.9 Å². The molecule has 2 rings (SSSR count). The van der Waals surface area contributed by atoms with E-state index in [1.807, 2.05) is 13.8 Å². The normalized spacial score (nSPS) is 24.0. The maximum Gasteiger partial charge on any atom is 0.155 e. The smallest absolute Gasteiger partial charge is 0.155 e. The summed E-state index contributed by atoms with van der Waals surface area (Å²) in [5.74, 6) is 1.32. The molecule has 1 saturated carbocycles. The van der Waals surface area contributed by atoms with Gasteiger partial charge in [0.15, 0.2) is 11.0 Å². The van der Waals surface area contributed by atoms with Gasteiger partial charge in [-0.25, -0.2) is 0 Å². The maximum absolute atomic E-state index is 9.64. The molecule has 1 aromatic heterocycles. The quantitative estimate of drug-likeness (QED) is 0.886. The Morgan fingerprint density at radius 1 is 1.28 bits per heavy atom. The Bertz CT molecular complexity index is 425. The van der Waals surface area contributed by atoms with E-state index in [1.54, 1.807) is 0 Å². The second kappa shape index (κ2) is 5.85. The second-order valence-corrected chi connectivity index (χ2v) is 5.51. The number of aromatic nitrogens is 2. The molecule has 2 unspecified atom stereocenters. The minimum atomic E-state index is -0.135. The van der Waals surface area contributed by atoms with Gasteiger partial charge in [0.2, 0.25) is 0 Å². The summed E-state index contributed by atoms with van der Waals surface area (Å²) in [7, 11) is 0. The predicted molar refractivity (Wildman–Crippen MR) is 73.0 cm³/mol. The van der Waals surface area contributed by atoms with Gasteiger partial charge in [-0.3, -0.25) is 0 Å². The zero-order chi connectivity index (χ0) is 13.1. The summed E-state index contributed by atoms with van der Waals surface area (Å²) in [4.78, 5) is 0. The van der Waals surface area contributed by atoms with Crippen LogP contribution in [-0.2, 0) is 0 Å². The van der Waals surface area contributed by atoms with Crippen LogP contribution in [0.2, 0.25) is 5.15 Å². The first-order valence-corrected chi connectivity index (χ1v) is 6.87. The third-order valence-corrected chi connectivity index (χ3v) is 4.14. The van der Waals surface area contributed by atoms with Crippen LogP contribution in [0.25, 0.3) is 0 Å². The molecule has 0 spiro atoms. The minimum absolute atomic E-state index is 0.135. The van der Waals surface area contributed by atoms with Crippen LogP contribution in [-0.4, -0.2) is 28.0 Å². The average molecular weight is 270 g/mol. The van der Waals surface area contributed by atoms with Gasteiger partial charge in [0.05, 0.1) is 6.10 Å². The minimum Gasteiger partial charge on any atom is -0.393 e. The summed E-state index contributed by atoms with van der Waals surface area (Å²) in [5, 5.41) is 21.4. The molecule has 18 heavy (non-hydrogen) atoms. The van der Waals surface area contributed by atoms with Crippen molar-refractivity contribution < 1.29 is 5.11 Å². The molecule has 0 aromatic carbocycles. The molecule has 0 radical (unpaired) electrons. The standard InChI is InChI=1S/C13H20ClN3O/c1-8-9(2)13(17-16-12(8)14)15-7-10-4-3-5-11(18)6-10/h10-11,18H,3-7H2,1-2H3,(H,15,17). The summed E-state index contributed by atoms with van der Waals surface area (Å²) in [6.45, 7) is 4.78. The fraction of sp³-hybridized carbons (Fsp3) is 0.692. The van der Waals surface area contributed by atoms with Gasteiger partial charge in [-0.15, -0.1) is 10.2 Å². The van der Waals surface area contributed by atoms with Crippen molar-refractivity contribution in [1.29, 1.82) is 0 Å². The van der Waals surface area contributed by atoms with Crippen LogP contribution in [0.3, 0.4) is 0 Å². The molecule has 0 aliphatic heterocycles. The van der Waals surface area contributed by atoms with Gasteiger partial charge in [-0.05, 0) is 50.2 Å². The van der Waals surface area contributed by atoms with E-state index >= 15 is 0 Å². The third-order valence-electron chi connectivity index (χ3n) is 3.78. The van der Waals surface area contributed by atoms with Gasteiger partial charge in [-0.1, -0.05) is 18.0 Å². The summed E-state index contributed by atoms with van der Waals surface area (Å²) >= 11 is 5.92. The van der Waals surface area contributed by atoms with Crippen molar-refractivity contribution in [2.24, 2.45) is 5.92 Å². The molecule has 1 aliphatic rings. The van der Waals surface area contributed by atoms with Gasteiger partial charge in [0.1, 0.15) is 0 Å². The largest absolute Gasteiger partial charge is 0.393 e. The first-order valence-electron chi connectivity index (χ1n) is 6.49. The molecule has 5 heteroatoms. The first kappa shape index (κ1) is 13.6. The molecule has 2 N–H and O–H groups in total. The van der Waals surface area contributed by atoms with E-state index in [4.69, 9.17) is 11.6 Å². The average Bonchev–Trinajstić information content (AvgIpc) is 2.35. The molecule has 1 heterocycles. The topological polar surface area (TPSA) is 58.0 Å². The summed E-state index contributed by atoms with van der Waals surface area (Å²) < 4.78 is 0. The number of hydrogen-bond donors (Lipinski definition) is 2. The van der Waals surface area contributed by atoms with Crippen molar-refractivity contribution >= 4 is 17.4 Å².